The molecule has 102 valence electrons. The number of nitrogens with zero attached hydrogens (tertiary/aromatic N) is 1. The number of rotatable bonds is 5. The third-order valence-electron chi connectivity index (χ3n) is 2.95. The molecule has 1 unspecified atom stereocenters. The molecule has 1 saturated heterocycles. The van der Waals surface area contributed by atoms with E-state index < -0.39 is 23.8 Å². The van der Waals surface area contributed by atoms with E-state index >= 15 is 0 Å². The molecule has 0 aliphatic carbocycles. The number of hydrogen-bond acceptors (Lipinski definition) is 3. The number of benzene rings is 1. The van der Waals surface area contributed by atoms with Crippen molar-refractivity contribution in [1.29, 1.82) is 0 Å². The summed E-state index contributed by atoms with van der Waals surface area (Å²) in [6.07, 6.45) is 1.13. The molecule has 1 atom stereocenters. The van der Waals surface area contributed by atoms with E-state index in [4.69, 9.17) is 4.74 Å². The van der Waals surface area contributed by atoms with Crippen LogP contribution in [0.1, 0.15) is 12.8 Å². The molecule has 0 saturated carbocycles. The summed E-state index contributed by atoms with van der Waals surface area (Å²) < 4.78 is 18.5. The maximum atomic E-state index is 13.6. The lowest BCUT2D eigenvalue weighted by molar-refractivity contribution is -0.118. The summed E-state index contributed by atoms with van der Waals surface area (Å²) in [6.45, 7) is 0.513. The zero-order valence-corrected chi connectivity index (χ0v) is 10.6. The molecule has 0 bridgehead atoms. The molecule has 1 aliphatic rings. The molecule has 3 amide bonds. The van der Waals surface area contributed by atoms with Gasteiger partial charge in [0.25, 0.3) is 5.91 Å². The van der Waals surface area contributed by atoms with Gasteiger partial charge in [-0.05, 0) is 25.0 Å². The van der Waals surface area contributed by atoms with Crippen LogP contribution < -0.4 is 10.2 Å². The second-order valence-corrected chi connectivity index (χ2v) is 4.26. The first-order valence-corrected chi connectivity index (χ1v) is 6.03. The van der Waals surface area contributed by atoms with Crippen molar-refractivity contribution < 1.29 is 18.7 Å². The second kappa shape index (κ2) is 5.79. The molecule has 19 heavy (non-hydrogen) atoms. The smallest absolute Gasteiger partial charge is 0.329 e. The summed E-state index contributed by atoms with van der Waals surface area (Å²) in [5, 5.41) is 2.55. The highest BCUT2D eigenvalue weighted by molar-refractivity contribution is 6.21. The van der Waals surface area contributed by atoms with E-state index in [-0.39, 0.29) is 5.69 Å². The van der Waals surface area contributed by atoms with Gasteiger partial charge in [0.1, 0.15) is 11.9 Å². The summed E-state index contributed by atoms with van der Waals surface area (Å²) in [5.74, 6) is -1.02. The standard InChI is InChI=1S/C13H15FN2O3/c1-19-8-4-6-10-12(17)16(13(18)15-10)11-7-3-2-5-9(11)14/h2-3,5,7,10H,4,6,8H2,1H3,(H,15,18). The zero-order valence-electron chi connectivity index (χ0n) is 10.6. The highest BCUT2D eigenvalue weighted by atomic mass is 19.1. The molecule has 1 fully saturated rings. The lowest BCUT2D eigenvalue weighted by Crippen LogP contribution is -2.32. The van der Waals surface area contributed by atoms with Gasteiger partial charge in [-0.3, -0.25) is 4.79 Å². The highest BCUT2D eigenvalue weighted by Gasteiger charge is 2.39. The van der Waals surface area contributed by atoms with Crippen LogP contribution >= 0.6 is 0 Å². The zero-order chi connectivity index (χ0) is 13.8. The number of methoxy groups -OCH3 is 1. The van der Waals surface area contributed by atoms with Crippen molar-refractivity contribution in [2.24, 2.45) is 0 Å². The van der Waals surface area contributed by atoms with E-state index in [0.717, 1.165) is 4.90 Å². The summed E-state index contributed by atoms with van der Waals surface area (Å²) in [5.41, 5.74) is -0.0146. The van der Waals surface area contributed by atoms with Gasteiger partial charge >= 0.3 is 6.03 Å². The normalized spacial score (nSPS) is 18.8. The number of urea groups is 1. The van der Waals surface area contributed by atoms with Crippen LogP contribution in [-0.2, 0) is 9.53 Å². The molecular formula is C13H15FN2O3. The molecule has 5 nitrogen and oxygen atoms in total. The molecule has 2 rings (SSSR count). The average Bonchev–Trinajstić information content (AvgIpc) is 2.66. The van der Waals surface area contributed by atoms with Crippen molar-refractivity contribution in [3.8, 4) is 0 Å². The lowest BCUT2D eigenvalue weighted by Gasteiger charge is -2.13. The van der Waals surface area contributed by atoms with Gasteiger partial charge in [0.15, 0.2) is 0 Å². The number of para-hydroxylation sites is 1. The first-order chi connectivity index (χ1) is 9.15. The summed E-state index contributed by atoms with van der Waals surface area (Å²) in [6, 6.07) is 4.52. The number of halogens is 1. The number of ether oxygens (including phenoxy) is 1. The Morgan fingerprint density at radius 1 is 1.37 bits per heavy atom. The van der Waals surface area contributed by atoms with E-state index in [1.54, 1.807) is 13.2 Å². The fourth-order valence-corrected chi connectivity index (χ4v) is 2.02. The predicted octanol–water partition coefficient (Wildman–Crippen LogP) is 1.68. The second-order valence-electron chi connectivity index (χ2n) is 4.26. The number of nitrogens with one attached hydrogen (secondary N) is 1. The Bertz CT molecular complexity index is 493. The van der Waals surface area contributed by atoms with Crippen molar-refractivity contribution >= 4 is 17.6 Å². The van der Waals surface area contributed by atoms with E-state index in [1.165, 1.54) is 18.2 Å². The van der Waals surface area contributed by atoms with Crippen LogP contribution in [-0.4, -0.2) is 31.7 Å². The Kier molecular flexibility index (Phi) is 4.11. The molecule has 1 aliphatic heterocycles. The van der Waals surface area contributed by atoms with Crippen molar-refractivity contribution in [3.05, 3.63) is 30.1 Å². The number of imide groups is 1. The fraction of sp³-hybridized carbons (Fsp3) is 0.385. The van der Waals surface area contributed by atoms with Crippen molar-refractivity contribution in [2.45, 2.75) is 18.9 Å². The number of anilines is 1. The SMILES string of the molecule is COCCCC1NC(=O)N(c2ccccc2F)C1=O. The number of hydrogen-bond donors (Lipinski definition) is 1. The average molecular weight is 266 g/mol. The van der Waals surface area contributed by atoms with Crippen LogP contribution in [0.15, 0.2) is 24.3 Å². The Morgan fingerprint density at radius 3 is 2.79 bits per heavy atom. The lowest BCUT2D eigenvalue weighted by atomic mass is 10.1. The summed E-state index contributed by atoms with van der Waals surface area (Å²) in [4.78, 5) is 24.7. The van der Waals surface area contributed by atoms with E-state index in [1.807, 2.05) is 0 Å². The molecule has 1 aromatic carbocycles. The van der Waals surface area contributed by atoms with Gasteiger partial charge in [0.2, 0.25) is 0 Å². The van der Waals surface area contributed by atoms with Crippen LogP contribution in [0.2, 0.25) is 0 Å². The monoisotopic (exact) mass is 266 g/mol. The van der Waals surface area contributed by atoms with Crippen LogP contribution in [0.3, 0.4) is 0 Å². The van der Waals surface area contributed by atoms with Crippen molar-refractivity contribution in [2.75, 3.05) is 18.6 Å². The molecule has 1 aromatic rings. The summed E-state index contributed by atoms with van der Waals surface area (Å²) in [7, 11) is 1.57. The Labute approximate surface area is 110 Å². The third-order valence-corrected chi connectivity index (χ3v) is 2.95. The molecule has 1 heterocycles. The quantitative estimate of drug-likeness (QED) is 0.651. The van der Waals surface area contributed by atoms with Gasteiger partial charge < -0.3 is 10.1 Å². The van der Waals surface area contributed by atoms with E-state index in [2.05, 4.69) is 5.32 Å². The summed E-state index contributed by atoms with van der Waals surface area (Å²) >= 11 is 0. The minimum absolute atomic E-state index is 0.0146. The maximum Gasteiger partial charge on any atom is 0.329 e. The molecule has 1 N–H and O–H groups in total. The molecule has 0 aromatic heterocycles. The first-order valence-electron chi connectivity index (χ1n) is 6.03. The maximum absolute atomic E-state index is 13.6. The number of carbonyl (C=O) groups is 2. The minimum atomic E-state index is -0.609. The van der Waals surface area contributed by atoms with E-state index in [0.29, 0.717) is 19.4 Å². The molecule has 6 heteroatoms. The van der Waals surface area contributed by atoms with Gasteiger partial charge in [-0.25, -0.2) is 14.1 Å². The van der Waals surface area contributed by atoms with Gasteiger partial charge in [-0.2, -0.15) is 0 Å². The third kappa shape index (κ3) is 2.73. The molecule has 0 radical (unpaired) electrons. The highest BCUT2D eigenvalue weighted by Crippen LogP contribution is 2.23. The number of carbonyl (C=O) groups excluding carboxylic acids is 2. The van der Waals surface area contributed by atoms with Gasteiger partial charge in [-0.15, -0.1) is 0 Å². The van der Waals surface area contributed by atoms with Crippen molar-refractivity contribution in [3.63, 3.8) is 0 Å². The van der Waals surface area contributed by atoms with Gasteiger partial charge in [-0.1, -0.05) is 12.1 Å². The Hall–Kier alpha value is -1.95. The van der Waals surface area contributed by atoms with Gasteiger partial charge in [0.05, 0.1) is 5.69 Å². The van der Waals surface area contributed by atoms with Crippen LogP contribution in [0.4, 0.5) is 14.9 Å². The van der Waals surface area contributed by atoms with Gasteiger partial charge in [0, 0.05) is 13.7 Å². The molecule has 0 spiro atoms. The van der Waals surface area contributed by atoms with Crippen LogP contribution in [0.5, 0.6) is 0 Å². The van der Waals surface area contributed by atoms with Crippen LogP contribution in [0, 0.1) is 5.82 Å². The molecular weight excluding hydrogens is 251 g/mol. The topological polar surface area (TPSA) is 58.6 Å². The van der Waals surface area contributed by atoms with E-state index in [9.17, 15) is 14.0 Å². The minimum Gasteiger partial charge on any atom is -0.385 e. The Balaban J connectivity index is 2.13. The predicted molar refractivity (Wildman–Crippen MR) is 67.3 cm³/mol. The van der Waals surface area contributed by atoms with Crippen LogP contribution in [0.25, 0.3) is 0 Å². The Morgan fingerprint density at radius 2 is 2.11 bits per heavy atom. The van der Waals surface area contributed by atoms with Crippen molar-refractivity contribution in [1.82, 2.24) is 5.32 Å². The number of amides is 3. The fourth-order valence-electron chi connectivity index (χ4n) is 2.02. The largest absolute Gasteiger partial charge is 0.385 e. The first kappa shape index (κ1) is 13.5.